The molecule has 0 aliphatic carbocycles. The monoisotopic (exact) mass is 272 g/mol. The zero-order valence-corrected chi connectivity index (χ0v) is 10.4. The largest absolute Gasteiger partial charge is 0.519 e. The normalized spacial score (nSPS) is 9.60. The van der Waals surface area contributed by atoms with Crippen molar-refractivity contribution in [2.24, 2.45) is 5.73 Å². The number of para-hydroxylation sites is 3. The molecule has 20 heavy (non-hydrogen) atoms. The van der Waals surface area contributed by atoms with E-state index in [4.69, 9.17) is 15.2 Å². The minimum absolute atomic E-state index is 0.146. The van der Waals surface area contributed by atoms with Gasteiger partial charge in [0.2, 0.25) is 0 Å². The molecule has 0 aliphatic heterocycles. The van der Waals surface area contributed by atoms with Gasteiger partial charge in [0.25, 0.3) is 0 Å². The van der Waals surface area contributed by atoms with E-state index in [1.807, 2.05) is 0 Å². The third-order valence-electron chi connectivity index (χ3n) is 2.28. The van der Waals surface area contributed by atoms with E-state index in [1.54, 1.807) is 48.5 Å². The number of primary amides is 1. The second kappa shape index (κ2) is 6.24. The van der Waals surface area contributed by atoms with Gasteiger partial charge in [0.1, 0.15) is 5.75 Å². The lowest BCUT2D eigenvalue weighted by Gasteiger charge is -2.09. The predicted molar refractivity (Wildman–Crippen MR) is 72.7 cm³/mol. The van der Waals surface area contributed by atoms with Gasteiger partial charge < -0.3 is 20.5 Å². The number of benzene rings is 2. The fourth-order valence-corrected chi connectivity index (χ4v) is 1.49. The Labute approximate surface area is 115 Å². The number of hydrogen-bond acceptors (Lipinski definition) is 4. The van der Waals surface area contributed by atoms with E-state index in [-0.39, 0.29) is 11.4 Å². The van der Waals surface area contributed by atoms with Crippen molar-refractivity contribution in [3.63, 3.8) is 0 Å². The number of carbonyl (C=O) groups excluding carboxylic acids is 2. The molecule has 0 unspecified atom stereocenters. The van der Waals surface area contributed by atoms with E-state index < -0.39 is 12.2 Å². The molecule has 0 heterocycles. The molecule has 2 rings (SSSR count). The van der Waals surface area contributed by atoms with Gasteiger partial charge in [-0.3, -0.25) is 0 Å². The smallest absolute Gasteiger partial charge is 0.395 e. The Morgan fingerprint density at radius 1 is 0.900 bits per heavy atom. The molecule has 0 saturated heterocycles. The number of nitrogens with one attached hydrogen (secondary N) is 1. The maximum absolute atomic E-state index is 11.6. The lowest BCUT2D eigenvalue weighted by Crippen LogP contribution is -2.21. The number of ether oxygens (including phenoxy) is 2. The molecule has 0 fully saturated rings. The summed E-state index contributed by atoms with van der Waals surface area (Å²) in [6, 6.07) is 14.1. The van der Waals surface area contributed by atoms with Crippen molar-refractivity contribution < 1.29 is 19.1 Å². The predicted octanol–water partition coefficient (Wildman–Crippen LogP) is 2.76. The summed E-state index contributed by atoms with van der Waals surface area (Å²) in [4.78, 5) is 22.5. The van der Waals surface area contributed by atoms with Crippen LogP contribution in [-0.4, -0.2) is 12.2 Å². The van der Waals surface area contributed by atoms with Crippen molar-refractivity contribution in [3.05, 3.63) is 54.6 Å². The molecule has 0 atom stereocenters. The Hall–Kier alpha value is -3.02. The van der Waals surface area contributed by atoms with Gasteiger partial charge in [-0.1, -0.05) is 30.3 Å². The lowest BCUT2D eigenvalue weighted by atomic mass is 10.3. The Morgan fingerprint density at radius 2 is 1.55 bits per heavy atom. The first-order valence-electron chi connectivity index (χ1n) is 5.75. The number of anilines is 1. The molecule has 3 N–H and O–H groups in total. The van der Waals surface area contributed by atoms with E-state index in [0.29, 0.717) is 5.75 Å². The van der Waals surface area contributed by atoms with Gasteiger partial charge in [-0.15, -0.1) is 0 Å². The second-order valence-corrected chi connectivity index (χ2v) is 3.75. The molecule has 0 spiro atoms. The van der Waals surface area contributed by atoms with Gasteiger partial charge in [0.15, 0.2) is 5.75 Å². The average Bonchev–Trinajstić information content (AvgIpc) is 2.41. The van der Waals surface area contributed by atoms with Crippen LogP contribution in [0.1, 0.15) is 0 Å². The number of nitrogens with two attached hydrogens (primary N) is 1. The highest BCUT2D eigenvalue weighted by Crippen LogP contribution is 2.24. The summed E-state index contributed by atoms with van der Waals surface area (Å²) in [5.41, 5.74) is 5.31. The third-order valence-corrected chi connectivity index (χ3v) is 2.28. The molecule has 0 aliphatic rings. The van der Waals surface area contributed by atoms with Crippen LogP contribution in [0.5, 0.6) is 11.5 Å². The highest BCUT2D eigenvalue weighted by Gasteiger charge is 2.11. The SMILES string of the molecule is NC(=O)Nc1ccccc1OC(=O)Oc1ccccc1. The highest BCUT2D eigenvalue weighted by atomic mass is 16.7. The van der Waals surface area contributed by atoms with Gasteiger partial charge in [0.05, 0.1) is 5.69 Å². The fraction of sp³-hybridized carbons (Fsp3) is 0. The highest BCUT2D eigenvalue weighted by molar-refractivity contribution is 5.90. The molecule has 6 heteroatoms. The van der Waals surface area contributed by atoms with E-state index in [1.165, 1.54) is 6.07 Å². The fourth-order valence-electron chi connectivity index (χ4n) is 1.49. The van der Waals surface area contributed by atoms with Gasteiger partial charge >= 0.3 is 12.2 Å². The van der Waals surface area contributed by atoms with Crippen molar-refractivity contribution in [1.29, 1.82) is 0 Å². The molecular weight excluding hydrogens is 260 g/mol. The summed E-state index contributed by atoms with van der Waals surface area (Å²) in [7, 11) is 0. The quantitative estimate of drug-likeness (QED) is 0.664. The van der Waals surface area contributed by atoms with E-state index in [2.05, 4.69) is 5.32 Å². The van der Waals surface area contributed by atoms with Crippen LogP contribution in [0.25, 0.3) is 0 Å². The number of hydrogen-bond donors (Lipinski definition) is 2. The minimum atomic E-state index is -0.907. The van der Waals surface area contributed by atoms with Gasteiger partial charge in [0, 0.05) is 0 Å². The Morgan fingerprint density at radius 3 is 2.25 bits per heavy atom. The first-order valence-corrected chi connectivity index (χ1v) is 5.75. The Kier molecular flexibility index (Phi) is 4.18. The van der Waals surface area contributed by atoms with Crippen LogP contribution in [0.4, 0.5) is 15.3 Å². The molecule has 2 aromatic rings. The van der Waals surface area contributed by atoms with Crippen LogP contribution < -0.4 is 20.5 Å². The van der Waals surface area contributed by atoms with Crippen molar-refractivity contribution in [3.8, 4) is 11.5 Å². The van der Waals surface area contributed by atoms with E-state index in [0.717, 1.165) is 0 Å². The Bertz CT molecular complexity index is 614. The molecule has 0 aromatic heterocycles. The maximum Gasteiger partial charge on any atom is 0.519 e. The molecular formula is C14H12N2O4. The summed E-state index contributed by atoms with van der Waals surface area (Å²) >= 11 is 0. The topological polar surface area (TPSA) is 90.7 Å². The molecule has 6 nitrogen and oxygen atoms in total. The van der Waals surface area contributed by atoms with Crippen LogP contribution >= 0.6 is 0 Å². The Balaban J connectivity index is 2.06. The van der Waals surface area contributed by atoms with E-state index in [9.17, 15) is 9.59 Å². The molecule has 0 radical (unpaired) electrons. The average molecular weight is 272 g/mol. The maximum atomic E-state index is 11.6. The summed E-state index contributed by atoms with van der Waals surface area (Å²) in [5.74, 6) is 0.505. The molecule has 2 amide bonds. The van der Waals surface area contributed by atoms with Gasteiger partial charge in [-0.25, -0.2) is 9.59 Å². The van der Waals surface area contributed by atoms with Crippen molar-refractivity contribution in [2.75, 3.05) is 5.32 Å². The summed E-state index contributed by atoms with van der Waals surface area (Å²) in [5, 5.41) is 2.35. The van der Waals surface area contributed by atoms with Crippen LogP contribution in [0.2, 0.25) is 0 Å². The summed E-state index contributed by atoms with van der Waals surface area (Å²) in [6.45, 7) is 0. The summed E-state index contributed by atoms with van der Waals surface area (Å²) < 4.78 is 9.99. The number of rotatable bonds is 3. The first-order chi connectivity index (χ1) is 9.65. The summed E-state index contributed by atoms with van der Waals surface area (Å²) in [6.07, 6.45) is -0.907. The molecule has 0 bridgehead atoms. The first kappa shape index (κ1) is 13.4. The zero-order valence-electron chi connectivity index (χ0n) is 10.4. The van der Waals surface area contributed by atoms with Crippen molar-refractivity contribution >= 4 is 17.9 Å². The van der Waals surface area contributed by atoms with Crippen LogP contribution in [0.15, 0.2) is 54.6 Å². The standard InChI is InChI=1S/C14H12N2O4/c15-13(17)16-11-8-4-5-9-12(11)20-14(18)19-10-6-2-1-3-7-10/h1-9H,(H3,15,16,17). The van der Waals surface area contributed by atoms with Crippen LogP contribution in [0.3, 0.4) is 0 Å². The van der Waals surface area contributed by atoms with Crippen LogP contribution in [0, 0.1) is 0 Å². The zero-order chi connectivity index (χ0) is 14.4. The van der Waals surface area contributed by atoms with Crippen molar-refractivity contribution in [2.45, 2.75) is 0 Å². The number of urea groups is 1. The number of carbonyl (C=O) groups is 2. The molecule has 102 valence electrons. The lowest BCUT2D eigenvalue weighted by molar-refractivity contribution is 0.152. The van der Waals surface area contributed by atoms with Crippen molar-refractivity contribution in [1.82, 2.24) is 0 Å². The number of amides is 2. The minimum Gasteiger partial charge on any atom is -0.395 e. The van der Waals surface area contributed by atoms with Gasteiger partial charge in [-0.05, 0) is 24.3 Å². The van der Waals surface area contributed by atoms with Gasteiger partial charge in [-0.2, -0.15) is 0 Å². The third kappa shape index (κ3) is 3.74. The van der Waals surface area contributed by atoms with Crippen LogP contribution in [-0.2, 0) is 0 Å². The molecule has 2 aromatic carbocycles. The second-order valence-electron chi connectivity index (χ2n) is 3.75. The van der Waals surface area contributed by atoms with E-state index >= 15 is 0 Å². The molecule has 0 saturated carbocycles.